The zero-order valence-electron chi connectivity index (χ0n) is 13.2. The number of ether oxygens (including phenoxy) is 1. The lowest BCUT2D eigenvalue weighted by Gasteiger charge is -2.27. The smallest absolute Gasteiger partial charge is 0.0900 e. The molecule has 0 bridgehead atoms. The predicted octanol–water partition coefficient (Wildman–Crippen LogP) is 2.65. The molecule has 1 aromatic carbocycles. The number of pyridine rings is 1. The summed E-state index contributed by atoms with van der Waals surface area (Å²) >= 11 is 0. The summed E-state index contributed by atoms with van der Waals surface area (Å²) in [5.41, 5.74) is 2.26. The van der Waals surface area contributed by atoms with Crippen molar-refractivity contribution in [2.45, 2.75) is 25.7 Å². The van der Waals surface area contributed by atoms with Crippen LogP contribution in [0.15, 0.2) is 54.9 Å². The molecule has 0 aliphatic carbocycles. The average molecular weight is 300 g/mol. The van der Waals surface area contributed by atoms with E-state index in [2.05, 4.69) is 16.8 Å². The third-order valence-corrected chi connectivity index (χ3v) is 3.75. The van der Waals surface area contributed by atoms with Gasteiger partial charge in [-0.05, 0) is 31.2 Å². The highest BCUT2D eigenvalue weighted by Crippen LogP contribution is 2.17. The molecule has 0 aliphatic rings. The first-order valence-corrected chi connectivity index (χ1v) is 7.56. The fraction of sp³-hybridized carbons (Fsp3) is 0.389. The van der Waals surface area contributed by atoms with Crippen LogP contribution in [0.2, 0.25) is 0 Å². The minimum atomic E-state index is -0.507. The molecule has 4 heteroatoms. The van der Waals surface area contributed by atoms with Crippen LogP contribution in [0, 0.1) is 0 Å². The fourth-order valence-corrected chi connectivity index (χ4v) is 2.31. The third kappa shape index (κ3) is 5.22. The Morgan fingerprint density at radius 1 is 1.18 bits per heavy atom. The van der Waals surface area contributed by atoms with E-state index in [1.165, 1.54) is 0 Å². The van der Waals surface area contributed by atoms with Crippen LogP contribution in [0.3, 0.4) is 0 Å². The SMILES string of the molecule is C[C@@H](c1cccnc1)N(C)C[C@@H](O)COCc1ccccc1. The maximum Gasteiger partial charge on any atom is 0.0900 e. The Morgan fingerprint density at radius 2 is 1.95 bits per heavy atom. The molecule has 118 valence electrons. The Labute approximate surface area is 132 Å². The molecule has 0 spiro atoms. The van der Waals surface area contributed by atoms with Gasteiger partial charge < -0.3 is 9.84 Å². The number of aliphatic hydroxyl groups excluding tert-OH is 1. The zero-order valence-corrected chi connectivity index (χ0v) is 13.2. The number of benzene rings is 1. The molecule has 22 heavy (non-hydrogen) atoms. The molecule has 1 aromatic heterocycles. The molecule has 2 rings (SSSR count). The molecule has 4 nitrogen and oxygen atoms in total. The molecule has 2 atom stereocenters. The standard InChI is InChI=1S/C18H24N2O2/c1-15(17-9-6-10-19-11-17)20(2)12-18(21)14-22-13-16-7-4-3-5-8-16/h3-11,15,18,21H,12-14H2,1-2H3/t15-,18+/m0/s1. The molecule has 0 saturated heterocycles. The van der Waals surface area contributed by atoms with E-state index < -0.39 is 6.10 Å². The second kappa shape index (κ2) is 8.63. The van der Waals surface area contributed by atoms with Gasteiger partial charge in [0.1, 0.15) is 0 Å². The van der Waals surface area contributed by atoms with Gasteiger partial charge in [-0.1, -0.05) is 36.4 Å². The van der Waals surface area contributed by atoms with Crippen LogP contribution in [0.25, 0.3) is 0 Å². The van der Waals surface area contributed by atoms with Crippen molar-refractivity contribution in [1.29, 1.82) is 0 Å². The Kier molecular flexibility index (Phi) is 6.52. The Morgan fingerprint density at radius 3 is 2.64 bits per heavy atom. The van der Waals surface area contributed by atoms with Gasteiger partial charge >= 0.3 is 0 Å². The molecule has 1 heterocycles. The van der Waals surface area contributed by atoms with E-state index in [1.807, 2.05) is 55.7 Å². The first kappa shape index (κ1) is 16.6. The number of rotatable bonds is 8. The van der Waals surface area contributed by atoms with Gasteiger partial charge in [-0.3, -0.25) is 9.88 Å². The van der Waals surface area contributed by atoms with E-state index in [9.17, 15) is 5.11 Å². The second-order valence-electron chi connectivity index (χ2n) is 5.56. The van der Waals surface area contributed by atoms with Crippen LogP contribution >= 0.6 is 0 Å². The van der Waals surface area contributed by atoms with Crippen molar-refractivity contribution >= 4 is 0 Å². The topological polar surface area (TPSA) is 45.6 Å². The Balaban J connectivity index is 1.73. The van der Waals surface area contributed by atoms with E-state index in [0.29, 0.717) is 19.8 Å². The van der Waals surface area contributed by atoms with E-state index in [1.54, 1.807) is 6.20 Å². The summed E-state index contributed by atoms with van der Waals surface area (Å²) in [5.74, 6) is 0. The quantitative estimate of drug-likeness (QED) is 0.814. The number of aliphatic hydroxyl groups is 1. The monoisotopic (exact) mass is 300 g/mol. The lowest BCUT2D eigenvalue weighted by atomic mass is 10.1. The second-order valence-corrected chi connectivity index (χ2v) is 5.56. The van der Waals surface area contributed by atoms with Gasteiger partial charge in [0.2, 0.25) is 0 Å². The van der Waals surface area contributed by atoms with E-state index in [4.69, 9.17) is 4.74 Å². The number of likely N-dealkylation sites (N-methyl/N-ethyl adjacent to an activating group) is 1. The number of hydrogen-bond acceptors (Lipinski definition) is 4. The van der Waals surface area contributed by atoms with E-state index in [-0.39, 0.29) is 6.04 Å². The van der Waals surface area contributed by atoms with Gasteiger partial charge in [0, 0.05) is 25.0 Å². The Bertz CT molecular complexity index is 533. The first-order valence-electron chi connectivity index (χ1n) is 7.56. The molecule has 0 aliphatic heterocycles. The van der Waals surface area contributed by atoms with Crippen LogP contribution < -0.4 is 0 Å². The highest BCUT2D eigenvalue weighted by molar-refractivity contribution is 5.14. The molecule has 2 aromatic rings. The van der Waals surface area contributed by atoms with Crippen molar-refractivity contribution in [3.05, 3.63) is 66.0 Å². The largest absolute Gasteiger partial charge is 0.389 e. The minimum absolute atomic E-state index is 0.206. The highest BCUT2D eigenvalue weighted by Gasteiger charge is 2.15. The molecule has 0 saturated carbocycles. The van der Waals surface area contributed by atoms with Crippen molar-refractivity contribution in [1.82, 2.24) is 9.88 Å². The predicted molar refractivity (Wildman–Crippen MR) is 87.4 cm³/mol. The highest BCUT2D eigenvalue weighted by atomic mass is 16.5. The average Bonchev–Trinajstić information content (AvgIpc) is 2.56. The van der Waals surface area contributed by atoms with Gasteiger partial charge in [0.05, 0.1) is 19.3 Å². The summed E-state index contributed by atoms with van der Waals surface area (Å²) in [4.78, 5) is 6.24. The van der Waals surface area contributed by atoms with Crippen molar-refractivity contribution in [2.24, 2.45) is 0 Å². The lowest BCUT2D eigenvalue weighted by molar-refractivity contribution is 0.00852. The summed E-state index contributed by atoms with van der Waals surface area (Å²) in [6, 6.07) is 14.2. The number of nitrogens with zero attached hydrogens (tertiary/aromatic N) is 2. The van der Waals surface area contributed by atoms with Gasteiger partial charge in [0.25, 0.3) is 0 Å². The van der Waals surface area contributed by atoms with Crippen LogP contribution in [-0.4, -0.2) is 41.3 Å². The van der Waals surface area contributed by atoms with Crippen LogP contribution in [-0.2, 0) is 11.3 Å². The molecular formula is C18H24N2O2. The van der Waals surface area contributed by atoms with Crippen LogP contribution in [0.1, 0.15) is 24.1 Å². The van der Waals surface area contributed by atoms with Gasteiger partial charge in [-0.15, -0.1) is 0 Å². The summed E-state index contributed by atoms with van der Waals surface area (Å²) in [6.07, 6.45) is 3.12. The zero-order chi connectivity index (χ0) is 15.8. The van der Waals surface area contributed by atoms with Gasteiger partial charge in [-0.2, -0.15) is 0 Å². The van der Waals surface area contributed by atoms with Crippen molar-refractivity contribution < 1.29 is 9.84 Å². The van der Waals surface area contributed by atoms with Crippen LogP contribution in [0.5, 0.6) is 0 Å². The molecule has 0 unspecified atom stereocenters. The number of hydrogen-bond donors (Lipinski definition) is 1. The summed E-state index contributed by atoms with van der Waals surface area (Å²) in [5, 5.41) is 10.1. The third-order valence-electron chi connectivity index (χ3n) is 3.75. The first-order chi connectivity index (χ1) is 10.7. The van der Waals surface area contributed by atoms with Crippen molar-refractivity contribution in [2.75, 3.05) is 20.2 Å². The van der Waals surface area contributed by atoms with E-state index >= 15 is 0 Å². The summed E-state index contributed by atoms with van der Waals surface area (Å²) < 4.78 is 5.58. The summed E-state index contributed by atoms with van der Waals surface area (Å²) in [7, 11) is 2.00. The van der Waals surface area contributed by atoms with Crippen LogP contribution in [0.4, 0.5) is 0 Å². The van der Waals surface area contributed by atoms with E-state index in [0.717, 1.165) is 11.1 Å². The molecule has 0 amide bonds. The van der Waals surface area contributed by atoms with Crippen molar-refractivity contribution in [3.63, 3.8) is 0 Å². The molecular weight excluding hydrogens is 276 g/mol. The maximum atomic E-state index is 10.1. The molecule has 0 radical (unpaired) electrons. The molecule has 0 fully saturated rings. The van der Waals surface area contributed by atoms with Gasteiger partial charge in [-0.25, -0.2) is 0 Å². The summed E-state index contributed by atoms with van der Waals surface area (Å²) in [6.45, 7) is 3.53. The maximum absolute atomic E-state index is 10.1. The van der Waals surface area contributed by atoms with Crippen molar-refractivity contribution in [3.8, 4) is 0 Å². The lowest BCUT2D eigenvalue weighted by Crippen LogP contribution is -2.34. The number of aromatic nitrogens is 1. The normalized spacial score (nSPS) is 14.0. The van der Waals surface area contributed by atoms with Gasteiger partial charge in [0.15, 0.2) is 0 Å². The molecule has 1 N–H and O–H groups in total. The minimum Gasteiger partial charge on any atom is -0.389 e. The fourth-order valence-electron chi connectivity index (χ4n) is 2.31. The Hall–Kier alpha value is -1.75.